The van der Waals surface area contributed by atoms with Crippen molar-refractivity contribution in [2.75, 3.05) is 13.7 Å². The van der Waals surface area contributed by atoms with Crippen LogP contribution < -0.4 is 5.32 Å². The summed E-state index contributed by atoms with van der Waals surface area (Å²) in [5.74, 6) is -2.07. The van der Waals surface area contributed by atoms with E-state index in [1.807, 2.05) is 0 Å². The van der Waals surface area contributed by atoms with E-state index in [4.69, 9.17) is 27.0 Å². The Morgan fingerprint density at radius 2 is 2.00 bits per heavy atom. The normalized spacial score (nSPS) is 12.3. The van der Waals surface area contributed by atoms with Crippen molar-refractivity contribution < 1.29 is 22.3 Å². The van der Waals surface area contributed by atoms with Gasteiger partial charge in [-0.15, -0.1) is 0 Å². The van der Waals surface area contributed by atoms with Crippen LogP contribution >= 0.6 is 22.3 Å². The van der Waals surface area contributed by atoms with E-state index in [0.717, 1.165) is 12.1 Å². The predicted molar refractivity (Wildman–Crippen MR) is 77.9 cm³/mol. The minimum Gasteiger partial charge on any atom is -0.377 e. The van der Waals surface area contributed by atoms with Crippen molar-refractivity contribution in [1.29, 1.82) is 0 Å². The van der Waals surface area contributed by atoms with Gasteiger partial charge in [0, 0.05) is 29.4 Å². The van der Waals surface area contributed by atoms with E-state index >= 15 is 0 Å². The molecule has 5 nitrogen and oxygen atoms in total. The maximum absolute atomic E-state index is 14.1. The number of hydrogen-bond acceptors (Lipinski definition) is 4. The van der Waals surface area contributed by atoms with Crippen LogP contribution in [-0.4, -0.2) is 33.6 Å². The van der Waals surface area contributed by atoms with Crippen LogP contribution in [0.2, 0.25) is 5.02 Å². The summed E-state index contributed by atoms with van der Waals surface area (Å²) >= 11 is 5.70. The molecule has 0 aliphatic rings. The van der Waals surface area contributed by atoms with Crippen LogP contribution in [0.4, 0.5) is 4.39 Å². The fourth-order valence-corrected chi connectivity index (χ4v) is 2.58. The number of ether oxygens (including phenoxy) is 1. The van der Waals surface area contributed by atoms with Crippen LogP contribution in [0.25, 0.3) is 0 Å². The van der Waals surface area contributed by atoms with Gasteiger partial charge in [0.1, 0.15) is 4.90 Å². The van der Waals surface area contributed by atoms with E-state index in [1.165, 1.54) is 7.11 Å². The maximum Gasteiger partial charge on any atom is 0.264 e. The zero-order valence-electron chi connectivity index (χ0n) is 11.5. The van der Waals surface area contributed by atoms with E-state index in [0.29, 0.717) is 0 Å². The lowest BCUT2D eigenvalue weighted by molar-refractivity contribution is 0.0228. The van der Waals surface area contributed by atoms with Crippen molar-refractivity contribution in [3.05, 3.63) is 28.5 Å². The first-order chi connectivity index (χ1) is 9.48. The number of halogens is 3. The summed E-state index contributed by atoms with van der Waals surface area (Å²) < 4.78 is 41.7. The number of hydrogen-bond donors (Lipinski definition) is 1. The monoisotopic (exact) mass is 357 g/mol. The molecule has 9 heteroatoms. The highest BCUT2D eigenvalue weighted by molar-refractivity contribution is 8.13. The number of nitrogens with one attached hydrogen (secondary N) is 1. The van der Waals surface area contributed by atoms with Crippen LogP contribution in [0.15, 0.2) is 17.0 Å². The zero-order valence-corrected chi connectivity index (χ0v) is 13.9. The lowest BCUT2D eigenvalue weighted by Gasteiger charge is -2.23. The van der Waals surface area contributed by atoms with Gasteiger partial charge in [-0.05, 0) is 26.0 Å². The molecule has 1 amide bonds. The Balaban J connectivity index is 3.14. The summed E-state index contributed by atoms with van der Waals surface area (Å²) in [6, 6.07) is 1.87. The second-order valence-corrected chi connectivity index (χ2v) is 7.82. The molecule has 0 saturated heterocycles. The Hall–Kier alpha value is -0.890. The lowest BCUT2D eigenvalue weighted by atomic mass is 10.1. The number of benzene rings is 1. The van der Waals surface area contributed by atoms with Gasteiger partial charge in [0.05, 0.1) is 11.2 Å². The molecule has 1 rings (SSSR count). The molecule has 118 valence electrons. The molecule has 0 aliphatic carbocycles. The van der Waals surface area contributed by atoms with Crippen molar-refractivity contribution in [2.24, 2.45) is 0 Å². The minimum absolute atomic E-state index is 0.0945. The van der Waals surface area contributed by atoms with E-state index in [-0.39, 0.29) is 11.6 Å². The molecular formula is C12H14Cl2FNO4S. The van der Waals surface area contributed by atoms with Crippen molar-refractivity contribution in [3.8, 4) is 0 Å². The van der Waals surface area contributed by atoms with Crippen LogP contribution in [-0.2, 0) is 13.8 Å². The minimum atomic E-state index is -4.35. The molecule has 0 spiro atoms. The van der Waals surface area contributed by atoms with Crippen molar-refractivity contribution in [3.63, 3.8) is 0 Å². The summed E-state index contributed by atoms with van der Waals surface area (Å²) in [5.41, 5.74) is -1.17. The highest BCUT2D eigenvalue weighted by Gasteiger charge is 2.25. The summed E-state index contributed by atoms with van der Waals surface area (Å²) in [6.45, 7) is 3.53. The van der Waals surface area contributed by atoms with Crippen molar-refractivity contribution in [2.45, 2.75) is 24.3 Å². The lowest BCUT2D eigenvalue weighted by Crippen LogP contribution is -2.40. The number of methoxy groups -OCH3 is 1. The van der Waals surface area contributed by atoms with Crippen molar-refractivity contribution >= 4 is 37.2 Å². The van der Waals surface area contributed by atoms with Gasteiger partial charge in [0.2, 0.25) is 0 Å². The molecule has 0 unspecified atom stereocenters. The topological polar surface area (TPSA) is 72.5 Å². The second-order valence-electron chi connectivity index (χ2n) is 4.85. The molecule has 0 saturated carbocycles. The highest BCUT2D eigenvalue weighted by atomic mass is 35.7. The van der Waals surface area contributed by atoms with Crippen LogP contribution in [0.1, 0.15) is 24.2 Å². The third-order valence-electron chi connectivity index (χ3n) is 2.74. The molecule has 0 fully saturated rings. The first-order valence-electron chi connectivity index (χ1n) is 5.75. The second kappa shape index (κ2) is 6.48. The average molecular weight is 358 g/mol. The predicted octanol–water partition coefficient (Wildman–Crippen LogP) is 2.56. The third kappa shape index (κ3) is 4.81. The van der Waals surface area contributed by atoms with Crippen molar-refractivity contribution in [1.82, 2.24) is 5.32 Å². The Morgan fingerprint density at radius 3 is 2.48 bits per heavy atom. The molecule has 1 aromatic carbocycles. The molecule has 0 bridgehead atoms. The Kier molecular flexibility index (Phi) is 5.60. The Labute approximate surface area is 131 Å². The molecule has 1 aromatic rings. The Morgan fingerprint density at radius 1 is 1.43 bits per heavy atom. The number of rotatable bonds is 5. The molecule has 0 radical (unpaired) electrons. The maximum atomic E-state index is 14.1. The third-order valence-corrected chi connectivity index (χ3v) is 4.28. The van der Waals surface area contributed by atoms with Gasteiger partial charge in [-0.25, -0.2) is 12.8 Å². The van der Waals surface area contributed by atoms with Gasteiger partial charge in [-0.2, -0.15) is 0 Å². The molecule has 0 heterocycles. The van der Waals surface area contributed by atoms with Gasteiger partial charge in [0.15, 0.2) is 5.82 Å². The summed E-state index contributed by atoms with van der Waals surface area (Å²) in [6.07, 6.45) is 0. The van der Waals surface area contributed by atoms with Gasteiger partial charge in [0.25, 0.3) is 15.0 Å². The van der Waals surface area contributed by atoms with E-state index in [9.17, 15) is 17.6 Å². The largest absolute Gasteiger partial charge is 0.377 e. The molecular weight excluding hydrogens is 344 g/mol. The standard InChI is InChI=1S/C12H14Cl2FNO4S/c1-12(2,20-3)6-16-11(17)8-4-7(13)5-9(10(8)15)21(14,18)19/h4-5H,6H2,1-3H3,(H,16,17). The number of carbonyl (C=O) groups excluding carboxylic acids is 1. The van der Waals surface area contributed by atoms with E-state index < -0.39 is 36.8 Å². The van der Waals surface area contributed by atoms with Gasteiger partial charge < -0.3 is 10.1 Å². The molecule has 0 aromatic heterocycles. The summed E-state index contributed by atoms with van der Waals surface area (Å²) in [5, 5.41) is 2.32. The quantitative estimate of drug-likeness (QED) is 0.822. The zero-order chi connectivity index (χ0) is 16.4. The van der Waals surface area contributed by atoms with Gasteiger partial charge >= 0.3 is 0 Å². The highest BCUT2D eigenvalue weighted by Crippen LogP contribution is 2.26. The van der Waals surface area contributed by atoms with E-state index in [2.05, 4.69) is 5.32 Å². The smallest absolute Gasteiger partial charge is 0.264 e. The van der Waals surface area contributed by atoms with Crippen LogP contribution in [0.3, 0.4) is 0 Å². The molecule has 1 N–H and O–H groups in total. The fourth-order valence-electron chi connectivity index (χ4n) is 1.37. The van der Waals surface area contributed by atoms with Gasteiger partial charge in [-0.1, -0.05) is 11.6 Å². The van der Waals surface area contributed by atoms with E-state index in [1.54, 1.807) is 13.8 Å². The first-order valence-corrected chi connectivity index (χ1v) is 8.44. The number of amides is 1. The van der Waals surface area contributed by atoms with Crippen LogP contribution in [0.5, 0.6) is 0 Å². The summed E-state index contributed by atoms with van der Waals surface area (Å²) in [4.78, 5) is 11.1. The molecule has 21 heavy (non-hydrogen) atoms. The molecule has 0 atom stereocenters. The molecule has 0 aliphatic heterocycles. The van der Waals surface area contributed by atoms with Crippen LogP contribution in [0, 0.1) is 5.82 Å². The average Bonchev–Trinajstić information content (AvgIpc) is 2.37. The van der Waals surface area contributed by atoms with Gasteiger partial charge in [-0.3, -0.25) is 4.79 Å². The summed E-state index contributed by atoms with van der Waals surface area (Å²) in [7, 11) is 2.22. The SMILES string of the molecule is COC(C)(C)CNC(=O)c1cc(Cl)cc(S(=O)(=O)Cl)c1F. The first kappa shape index (κ1) is 18.2. The Bertz CT molecular complexity index is 661. The fraction of sp³-hybridized carbons (Fsp3) is 0.417. The number of carbonyl (C=O) groups is 1.